The molecule has 0 aliphatic heterocycles. The van der Waals surface area contributed by atoms with Crippen LogP contribution < -0.4 is 0 Å². The van der Waals surface area contributed by atoms with Gasteiger partial charge in [0, 0.05) is 5.92 Å². The van der Waals surface area contributed by atoms with E-state index in [4.69, 9.17) is 0 Å². The highest BCUT2D eigenvalue weighted by molar-refractivity contribution is 5.04. The molecule has 0 aromatic rings. The molecule has 1 saturated carbocycles. The van der Waals surface area contributed by atoms with Gasteiger partial charge in [0.2, 0.25) is 0 Å². The third kappa shape index (κ3) is 1.89. The van der Waals surface area contributed by atoms with Gasteiger partial charge in [-0.15, -0.1) is 0 Å². The van der Waals surface area contributed by atoms with E-state index in [1.165, 1.54) is 19.3 Å². The fourth-order valence-corrected chi connectivity index (χ4v) is 2.06. The first-order valence-electron chi connectivity index (χ1n) is 4.94. The van der Waals surface area contributed by atoms with E-state index < -0.39 is 5.60 Å². The van der Waals surface area contributed by atoms with Gasteiger partial charge in [-0.2, -0.15) is 0 Å². The standard InChI is InChI=1S/C11H20O/c1-9(2)10(3)11(12)7-5-4-6-8-11/h10,12H,1,4-8H2,2-3H3/t10-/m1/s1. The van der Waals surface area contributed by atoms with Gasteiger partial charge in [-0.3, -0.25) is 0 Å². The summed E-state index contributed by atoms with van der Waals surface area (Å²) in [6.07, 6.45) is 5.55. The van der Waals surface area contributed by atoms with Crippen LogP contribution in [0.15, 0.2) is 12.2 Å². The quantitative estimate of drug-likeness (QED) is 0.629. The maximum atomic E-state index is 10.2. The Hall–Kier alpha value is -0.300. The molecule has 1 atom stereocenters. The van der Waals surface area contributed by atoms with Crippen molar-refractivity contribution in [3.63, 3.8) is 0 Å². The van der Waals surface area contributed by atoms with Crippen molar-refractivity contribution in [1.82, 2.24) is 0 Å². The zero-order chi connectivity index (χ0) is 9.19. The molecule has 1 rings (SSSR count). The molecule has 0 unspecified atom stereocenters. The molecule has 1 aliphatic carbocycles. The van der Waals surface area contributed by atoms with Gasteiger partial charge in [0.15, 0.2) is 0 Å². The Morgan fingerprint density at radius 2 is 1.83 bits per heavy atom. The highest BCUT2D eigenvalue weighted by Crippen LogP contribution is 2.36. The topological polar surface area (TPSA) is 20.2 Å². The zero-order valence-electron chi connectivity index (χ0n) is 8.27. The second kappa shape index (κ2) is 3.61. The van der Waals surface area contributed by atoms with Crippen molar-refractivity contribution < 1.29 is 5.11 Å². The van der Waals surface area contributed by atoms with Crippen LogP contribution in [0, 0.1) is 5.92 Å². The lowest BCUT2D eigenvalue weighted by molar-refractivity contribution is -0.0307. The maximum absolute atomic E-state index is 10.2. The molecular formula is C11H20O. The van der Waals surface area contributed by atoms with E-state index >= 15 is 0 Å². The van der Waals surface area contributed by atoms with E-state index in [9.17, 15) is 5.11 Å². The average Bonchev–Trinajstić information content (AvgIpc) is 2.04. The largest absolute Gasteiger partial charge is 0.389 e. The van der Waals surface area contributed by atoms with Gasteiger partial charge in [-0.05, 0) is 19.8 Å². The molecule has 0 bridgehead atoms. The summed E-state index contributed by atoms with van der Waals surface area (Å²) in [7, 11) is 0. The molecule has 0 heterocycles. The highest BCUT2D eigenvalue weighted by atomic mass is 16.3. The van der Waals surface area contributed by atoms with Gasteiger partial charge < -0.3 is 5.11 Å². The number of rotatable bonds is 2. The summed E-state index contributed by atoms with van der Waals surface area (Å²) < 4.78 is 0. The smallest absolute Gasteiger partial charge is 0.0709 e. The molecule has 1 nitrogen and oxygen atoms in total. The van der Waals surface area contributed by atoms with Crippen molar-refractivity contribution in [3.05, 3.63) is 12.2 Å². The summed E-state index contributed by atoms with van der Waals surface area (Å²) in [5.41, 5.74) is 0.670. The first-order chi connectivity index (χ1) is 5.56. The summed E-state index contributed by atoms with van der Waals surface area (Å²) >= 11 is 0. The SMILES string of the molecule is C=C(C)[C@@H](C)C1(O)CCCCC1. The molecule has 0 aromatic heterocycles. The van der Waals surface area contributed by atoms with Crippen LogP contribution in [-0.4, -0.2) is 10.7 Å². The van der Waals surface area contributed by atoms with Crippen molar-refractivity contribution >= 4 is 0 Å². The molecule has 70 valence electrons. The van der Waals surface area contributed by atoms with Crippen LogP contribution in [0.25, 0.3) is 0 Å². The lowest BCUT2D eigenvalue weighted by atomic mass is 9.74. The van der Waals surface area contributed by atoms with Crippen LogP contribution in [0.2, 0.25) is 0 Å². The first-order valence-corrected chi connectivity index (χ1v) is 4.94. The van der Waals surface area contributed by atoms with Gasteiger partial charge in [0.05, 0.1) is 5.60 Å². The predicted molar refractivity (Wildman–Crippen MR) is 52.0 cm³/mol. The summed E-state index contributed by atoms with van der Waals surface area (Å²) in [4.78, 5) is 0. The van der Waals surface area contributed by atoms with E-state index in [1.807, 2.05) is 6.92 Å². The van der Waals surface area contributed by atoms with Gasteiger partial charge in [-0.1, -0.05) is 38.3 Å². The van der Waals surface area contributed by atoms with Crippen molar-refractivity contribution in [2.45, 2.75) is 51.6 Å². The Kier molecular flexibility index (Phi) is 2.94. The van der Waals surface area contributed by atoms with Crippen LogP contribution >= 0.6 is 0 Å². The molecule has 0 spiro atoms. The Morgan fingerprint density at radius 3 is 2.25 bits per heavy atom. The lowest BCUT2D eigenvalue weighted by Crippen LogP contribution is -2.38. The molecule has 0 radical (unpaired) electrons. The van der Waals surface area contributed by atoms with Gasteiger partial charge in [0.25, 0.3) is 0 Å². The minimum absolute atomic E-state index is 0.262. The lowest BCUT2D eigenvalue weighted by Gasteiger charge is -2.37. The minimum atomic E-state index is -0.440. The van der Waals surface area contributed by atoms with Gasteiger partial charge in [-0.25, -0.2) is 0 Å². The van der Waals surface area contributed by atoms with Crippen molar-refractivity contribution in [1.29, 1.82) is 0 Å². The number of hydrogen-bond acceptors (Lipinski definition) is 1. The van der Waals surface area contributed by atoms with Crippen molar-refractivity contribution in [2.24, 2.45) is 5.92 Å². The molecule has 0 aromatic carbocycles. The second-order valence-electron chi connectivity index (χ2n) is 4.23. The monoisotopic (exact) mass is 168 g/mol. The predicted octanol–water partition coefficient (Wildman–Crippen LogP) is 2.89. The molecular weight excluding hydrogens is 148 g/mol. The van der Waals surface area contributed by atoms with E-state index in [2.05, 4.69) is 13.5 Å². The summed E-state index contributed by atoms with van der Waals surface area (Å²) in [6, 6.07) is 0. The molecule has 0 amide bonds. The third-order valence-electron chi connectivity index (χ3n) is 3.26. The summed E-state index contributed by atoms with van der Waals surface area (Å²) in [5.74, 6) is 0.262. The zero-order valence-corrected chi connectivity index (χ0v) is 8.27. The Labute approximate surface area is 75.5 Å². The van der Waals surface area contributed by atoms with Crippen molar-refractivity contribution in [3.8, 4) is 0 Å². The summed E-state index contributed by atoms with van der Waals surface area (Å²) in [6.45, 7) is 8.02. The van der Waals surface area contributed by atoms with Gasteiger partial charge >= 0.3 is 0 Å². The van der Waals surface area contributed by atoms with Gasteiger partial charge in [0.1, 0.15) is 0 Å². The average molecular weight is 168 g/mol. The van der Waals surface area contributed by atoms with Crippen LogP contribution in [0.4, 0.5) is 0 Å². The maximum Gasteiger partial charge on any atom is 0.0709 e. The highest BCUT2D eigenvalue weighted by Gasteiger charge is 2.34. The fraction of sp³-hybridized carbons (Fsp3) is 0.818. The van der Waals surface area contributed by atoms with Crippen LogP contribution in [0.1, 0.15) is 46.0 Å². The van der Waals surface area contributed by atoms with Crippen LogP contribution in [0.3, 0.4) is 0 Å². The normalized spacial score (nSPS) is 24.9. The first kappa shape index (κ1) is 9.79. The third-order valence-corrected chi connectivity index (χ3v) is 3.26. The van der Waals surface area contributed by atoms with E-state index in [0.717, 1.165) is 18.4 Å². The van der Waals surface area contributed by atoms with Crippen LogP contribution in [0.5, 0.6) is 0 Å². The Bertz CT molecular complexity index is 166. The molecule has 0 saturated heterocycles. The minimum Gasteiger partial charge on any atom is -0.389 e. The molecule has 1 heteroatoms. The number of aliphatic hydroxyl groups is 1. The van der Waals surface area contributed by atoms with E-state index in [1.54, 1.807) is 0 Å². The summed E-state index contributed by atoms with van der Waals surface area (Å²) in [5, 5.41) is 10.2. The second-order valence-corrected chi connectivity index (χ2v) is 4.23. The van der Waals surface area contributed by atoms with E-state index in [-0.39, 0.29) is 5.92 Å². The fourth-order valence-electron chi connectivity index (χ4n) is 2.06. The molecule has 1 N–H and O–H groups in total. The Balaban J connectivity index is 2.62. The Morgan fingerprint density at radius 1 is 1.33 bits per heavy atom. The number of hydrogen-bond donors (Lipinski definition) is 1. The van der Waals surface area contributed by atoms with Crippen LogP contribution in [-0.2, 0) is 0 Å². The molecule has 12 heavy (non-hydrogen) atoms. The van der Waals surface area contributed by atoms with Crippen molar-refractivity contribution in [2.75, 3.05) is 0 Å². The molecule has 1 aliphatic rings. The molecule has 1 fully saturated rings. The van der Waals surface area contributed by atoms with E-state index in [0.29, 0.717) is 0 Å².